The van der Waals surface area contributed by atoms with Gasteiger partial charge in [-0.3, -0.25) is 9.59 Å². The maximum atomic E-state index is 12.9. The molecule has 5 aromatic rings. The van der Waals surface area contributed by atoms with Gasteiger partial charge >= 0.3 is 0 Å². The normalized spacial score (nSPS) is 15.6. The molecular formula is C29H21ClN2O3S. The van der Waals surface area contributed by atoms with Crippen LogP contribution in [0.4, 0.5) is 5.69 Å². The summed E-state index contributed by atoms with van der Waals surface area (Å²) in [6.45, 7) is 0.514. The Balaban J connectivity index is 1.17. The summed E-state index contributed by atoms with van der Waals surface area (Å²) < 4.78 is 5.93. The molecule has 0 saturated carbocycles. The van der Waals surface area contributed by atoms with Crippen LogP contribution in [0.25, 0.3) is 21.9 Å². The minimum atomic E-state index is -0.204. The molecule has 6 rings (SSSR count). The molecule has 2 amide bonds. The van der Waals surface area contributed by atoms with Gasteiger partial charge in [0.15, 0.2) is 0 Å². The van der Waals surface area contributed by atoms with Gasteiger partial charge in [0.25, 0.3) is 5.91 Å². The van der Waals surface area contributed by atoms with Gasteiger partial charge in [0.05, 0.1) is 5.75 Å². The highest BCUT2D eigenvalue weighted by Gasteiger charge is 2.32. The zero-order valence-electron chi connectivity index (χ0n) is 19.1. The molecule has 0 radical (unpaired) electrons. The Morgan fingerprint density at radius 1 is 0.944 bits per heavy atom. The number of hydrogen-bond acceptors (Lipinski definition) is 4. The summed E-state index contributed by atoms with van der Waals surface area (Å²) in [6, 6.07) is 28.5. The number of hydrogen-bond donors (Lipinski definition) is 1. The lowest BCUT2D eigenvalue weighted by Crippen LogP contribution is -2.27. The summed E-state index contributed by atoms with van der Waals surface area (Å²) in [7, 11) is 0. The van der Waals surface area contributed by atoms with Gasteiger partial charge in [0, 0.05) is 39.7 Å². The van der Waals surface area contributed by atoms with E-state index < -0.39 is 0 Å². The summed E-state index contributed by atoms with van der Waals surface area (Å²) >= 11 is 7.59. The summed E-state index contributed by atoms with van der Waals surface area (Å²) in [5.41, 5.74) is 4.77. The van der Waals surface area contributed by atoms with Crippen LogP contribution < -0.4 is 5.32 Å². The molecular weight excluding hydrogens is 492 g/mol. The average molecular weight is 513 g/mol. The van der Waals surface area contributed by atoms with Crippen molar-refractivity contribution in [3.8, 4) is 0 Å². The lowest BCUT2D eigenvalue weighted by atomic mass is 10.1. The summed E-state index contributed by atoms with van der Waals surface area (Å²) in [4.78, 5) is 27.3. The van der Waals surface area contributed by atoms with E-state index in [1.54, 1.807) is 23.9 Å². The highest BCUT2D eigenvalue weighted by atomic mass is 35.5. The van der Waals surface area contributed by atoms with Crippen molar-refractivity contribution in [3.63, 3.8) is 0 Å². The van der Waals surface area contributed by atoms with Crippen molar-refractivity contribution in [1.29, 1.82) is 0 Å². The van der Waals surface area contributed by atoms with Crippen LogP contribution in [0.1, 0.15) is 26.9 Å². The number of thioether (sulfide) groups is 1. The number of carbonyl (C=O) groups excluding carboxylic acids is 2. The van der Waals surface area contributed by atoms with Gasteiger partial charge in [0.1, 0.15) is 16.5 Å². The summed E-state index contributed by atoms with van der Waals surface area (Å²) in [5, 5.41) is 5.59. The van der Waals surface area contributed by atoms with Crippen molar-refractivity contribution in [1.82, 2.24) is 4.90 Å². The van der Waals surface area contributed by atoms with Gasteiger partial charge in [-0.05, 0) is 53.6 Å². The number of nitrogens with one attached hydrogen (secondary N) is 1. The van der Waals surface area contributed by atoms with E-state index in [1.165, 1.54) is 0 Å². The number of fused-ring (bicyclic) bond motifs is 3. The first-order chi connectivity index (χ1) is 17.5. The number of carbonyl (C=O) groups is 2. The van der Waals surface area contributed by atoms with Crippen molar-refractivity contribution in [2.75, 3.05) is 11.1 Å². The Kier molecular flexibility index (Phi) is 5.91. The Labute approximate surface area is 217 Å². The molecule has 1 saturated heterocycles. The molecule has 1 unspecified atom stereocenters. The third-order valence-electron chi connectivity index (χ3n) is 6.33. The number of amides is 2. The number of anilines is 1. The molecule has 4 aromatic carbocycles. The lowest BCUT2D eigenvalue weighted by molar-refractivity contribution is -0.128. The predicted octanol–water partition coefficient (Wildman–Crippen LogP) is 7.27. The Morgan fingerprint density at radius 3 is 2.50 bits per heavy atom. The van der Waals surface area contributed by atoms with E-state index in [9.17, 15) is 9.59 Å². The molecule has 0 aliphatic carbocycles. The molecule has 36 heavy (non-hydrogen) atoms. The van der Waals surface area contributed by atoms with Crippen molar-refractivity contribution >= 4 is 62.8 Å². The molecule has 1 aliphatic rings. The molecule has 1 aliphatic heterocycles. The summed E-state index contributed by atoms with van der Waals surface area (Å²) in [6.07, 6.45) is 0. The highest BCUT2D eigenvalue weighted by molar-refractivity contribution is 8.00. The minimum Gasteiger partial charge on any atom is -0.456 e. The zero-order valence-corrected chi connectivity index (χ0v) is 20.7. The topological polar surface area (TPSA) is 62.6 Å². The summed E-state index contributed by atoms with van der Waals surface area (Å²) in [5.74, 6) is 0.332. The predicted molar refractivity (Wildman–Crippen MR) is 145 cm³/mol. The molecule has 2 heterocycles. The molecule has 178 valence electrons. The van der Waals surface area contributed by atoms with Gasteiger partial charge in [-0.15, -0.1) is 11.8 Å². The van der Waals surface area contributed by atoms with E-state index in [0.29, 0.717) is 28.6 Å². The molecule has 5 nitrogen and oxygen atoms in total. The first-order valence-electron chi connectivity index (χ1n) is 11.5. The standard InChI is InChI=1S/C29H21ClN2O3S/c30-21-11-5-18(6-12-21)16-32-27(33)17-36-29(32)20-9-7-19(8-10-20)28(34)31-22-13-14-24-23-3-1-2-4-25(23)35-26(24)15-22/h1-15,29H,16-17H2,(H,31,34). The van der Waals surface area contributed by atoms with E-state index in [2.05, 4.69) is 5.32 Å². The third kappa shape index (κ3) is 4.34. The monoisotopic (exact) mass is 512 g/mol. The third-order valence-corrected chi connectivity index (χ3v) is 7.84. The van der Waals surface area contributed by atoms with Crippen LogP contribution in [0.5, 0.6) is 0 Å². The molecule has 0 bridgehead atoms. The second kappa shape index (κ2) is 9.37. The zero-order chi connectivity index (χ0) is 24.6. The fraction of sp³-hybridized carbons (Fsp3) is 0.103. The maximum Gasteiger partial charge on any atom is 0.255 e. The van der Waals surface area contributed by atoms with Crippen molar-refractivity contribution in [3.05, 3.63) is 113 Å². The Bertz CT molecular complexity index is 1600. The van der Waals surface area contributed by atoms with Gasteiger partial charge < -0.3 is 14.6 Å². The number of benzene rings is 4. The Hall–Kier alpha value is -3.74. The lowest BCUT2D eigenvalue weighted by Gasteiger charge is -2.24. The second-order valence-corrected chi connectivity index (χ2v) is 10.2. The van der Waals surface area contributed by atoms with E-state index in [1.807, 2.05) is 83.8 Å². The van der Waals surface area contributed by atoms with E-state index in [4.69, 9.17) is 16.0 Å². The fourth-order valence-electron chi connectivity index (χ4n) is 4.49. The molecule has 1 N–H and O–H groups in total. The number of furan rings is 1. The largest absolute Gasteiger partial charge is 0.456 e. The second-order valence-electron chi connectivity index (χ2n) is 8.70. The van der Waals surface area contributed by atoms with Gasteiger partial charge in [-0.1, -0.05) is 54.1 Å². The minimum absolute atomic E-state index is 0.0965. The van der Waals surface area contributed by atoms with Crippen molar-refractivity contribution in [2.24, 2.45) is 0 Å². The van der Waals surface area contributed by atoms with Crippen LogP contribution >= 0.6 is 23.4 Å². The van der Waals surface area contributed by atoms with Gasteiger partial charge in [0.2, 0.25) is 5.91 Å². The van der Waals surface area contributed by atoms with E-state index in [-0.39, 0.29) is 17.2 Å². The SMILES string of the molecule is O=C(Nc1ccc2c(c1)oc1ccccc12)c1ccc(C2SCC(=O)N2Cc2ccc(Cl)cc2)cc1. The molecule has 7 heteroatoms. The van der Waals surface area contributed by atoms with Crippen LogP contribution in [0.2, 0.25) is 5.02 Å². The fourth-order valence-corrected chi connectivity index (χ4v) is 5.81. The van der Waals surface area contributed by atoms with Crippen LogP contribution in [0.3, 0.4) is 0 Å². The van der Waals surface area contributed by atoms with Crippen LogP contribution in [0.15, 0.2) is 95.4 Å². The van der Waals surface area contributed by atoms with Crippen LogP contribution in [0, 0.1) is 0 Å². The van der Waals surface area contributed by atoms with E-state index in [0.717, 1.165) is 33.1 Å². The highest BCUT2D eigenvalue weighted by Crippen LogP contribution is 2.39. The Morgan fingerprint density at radius 2 is 1.69 bits per heavy atom. The van der Waals surface area contributed by atoms with Gasteiger partial charge in [-0.2, -0.15) is 0 Å². The van der Waals surface area contributed by atoms with Crippen LogP contribution in [-0.2, 0) is 11.3 Å². The van der Waals surface area contributed by atoms with Gasteiger partial charge in [-0.25, -0.2) is 0 Å². The number of nitrogens with zero attached hydrogens (tertiary/aromatic N) is 1. The number of para-hydroxylation sites is 1. The van der Waals surface area contributed by atoms with Crippen molar-refractivity contribution < 1.29 is 14.0 Å². The number of halogens is 1. The molecule has 1 atom stereocenters. The smallest absolute Gasteiger partial charge is 0.255 e. The van der Waals surface area contributed by atoms with E-state index >= 15 is 0 Å². The number of rotatable bonds is 5. The molecule has 1 fully saturated rings. The molecule has 0 spiro atoms. The first-order valence-corrected chi connectivity index (χ1v) is 13.0. The first kappa shape index (κ1) is 22.7. The molecule has 1 aromatic heterocycles. The average Bonchev–Trinajstić information content (AvgIpc) is 3.45. The maximum absolute atomic E-state index is 12.9. The van der Waals surface area contributed by atoms with Crippen molar-refractivity contribution in [2.45, 2.75) is 11.9 Å². The van der Waals surface area contributed by atoms with Crippen LogP contribution in [-0.4, -0.2) is 22.5 Å². The quantitative estimate of drug-likeness (QED) is 0.269.